The summed E-state index contributed by atoms with van der Waals surface area (Å²) in [5, 5.41) is 23.6. The second-order valence-electron chi connectivity index (χ2n) is 6.54. The number of nitriles is 2. The van der Waals surface area contributed by atoms with E-state index in [1.54, 1.807) is 0 Å². The fourth-order valence-corrected chi connectivity index (χ4v) is 4.75. The van der Waals surface area contributed by atoms with E-state index in [-0.39, 0.29) is 11.7 Å². The molecule has 0 fully saturated rings. The zero-order chi connectivity index (χ0) is 20.4. The molecule has 1 aromatic carbocycles. The molecule has 0 aliphatic heterocycles. The van der Waals surface area contributed by atoms with Crippen molar-refractivity contribution in [3.8, 4) is 12.1 Å². The van der Waals surface area contributed by atoms with Crippen molar-refractivity contribution in [3.63, 3.8) is 0 Å². The van der Waals surface area contributed by atoms with E-state index in [4.69, 9.17) is 0 Å². The van der Waals surface area contributed by atoms with Crippen molar-refractivity contribution in [1.82, 2.24) is 4.98 Å². The maximum Gasteiger partial charge on any atom is 0.235 e. The van der Waals surface area contributed by atoms with Gasteiger partial charge in [-0.3, -0.25) is 4.79 Å². The van der Waals surface area contributed by atoms with Gasteiger partial charge in [0, 0.05) is 10.3 Å². The van der Waals surface area contributed by atoms with E-state index in [0.717, 1.165) is 32.5 Å². The Kier molecular flexibility index (Phi) is 5.69. The zero-order valence-electron chi connectivity index (χ0n) is 16.0. The number of carbonyl (C=O) groups excluding carboxylic acids is 1. The van der Waals surface area contributed by atoms with Crippen LogP contribution in [0.1, 0.15) is 32.7 Å². The van der Waals surface area contributed by atoms with Crippen LogP contribution in [0.3, 0.4) is 0 Å². The number of hydrogen-bond donors (Lipinski definition) is 1. The Hall–Kier alpha value is -2.87. The third-order valence-electron chi connectivity index (χ3n) is 4.43. The molecule has 3 rings (SSSR count). The van der Waals surface area contributed by atoms with Gasteiger partial charge >= 0.3 is 0 Å². The smallest absolute Gasteiger partial charge is 0.235 e. The first-order chi connectivity index (χ1) is 13.3. The molecule has 0 bridgehead atoms. The number of fused-ring (bicyclic) bond motifs is 1. The summed E-state index contributed by atoms with van der Waals surface area (Å²) < 4.78 is 0. The highest BCUT2D eigenvalue weighted by atomic mass is 32.2. The first kappa shape index (κ1) is 19.9. The molecule has 1 amide bonds. The largest absolute Gasteiger partial charge is 0.316 e. The van der Waals surface area contributed by atoms with Crippen molar-refractivity contribution in [2.24, 2.45) is 0 Å². The van der Waals surface area contributed by atoms with Crippen LogP contribution in [0.5, 0.6) is 0 Å². The fourth-order valence-electron chi connectivity index (χ4n) is 2.97. The lowest BCUT2D eigenvalue weighted by molar-refractivity contribution is -0.113. The van der Waals surface area contributed by atoms with Crippen molar-refractivity contribution < 1.29 is 4.79 Å². The van der Waals surface area contributed by atoms with Crippen LogP contribution in [0, 0.1) is 50.4 Å². The average Bonchev–Trinajstić information content (AvgIpc) is 2.92. The summed E-state index contributed by atoms with van der Waals surface area (Å²) in [6.07, 6.45) is 0. The summed E-state index contributed by atoms with van der Waals surface area (Å²) in [5.41, 5.74) is 4.84. The van der Waals surface area contributed by atoms with Gasteiger partial charge < -0.3 is 5.32 Å². The van der Waals surface area contributed by atoms with Crippen LogP contribution in [0.4, 0.5) is 5.00 Å². The summed E-state index contributed by atoms with van der Waals surface area (Å²) in [6.45, 7) is 7.79. The highest BCUT2D eigenvalue weighted by molar-refractivity contribution is 8.00. The monoisotopic (exact) mass is 406 g/mol. The maximum absolute atomic E-state index is 12.4. The van der Waals surface area contributed by atoms with Gasteiger partial charge in [-0.1, -0.05) is 23.4 Å². The van der Waals surface area contributed by atoms with Crippen molar-refractivity contribution in [2.75, 3.05) is 11.1 Å². The number of thiophene rings is 1. The first-order valence-corrected chi connectivity index (χ1v) is 10.4. The Morgan fingerprint density at radius 3 is 2.61 bits per heavy atom. The molecule has 0 aliphatic rings. The molecule has 2 aromatic heterocycles. The van der Waals surface area contributed by atoms with Gasteiger partial charge in [0.2, 0.25) is 5.91 Å². The third kappa shape index (κ3) is 3.87. The summed E-state index contributed by atoms with van der Waals surface area (Å²) in [6, 6.07) is 10.2. The van der Waals surface area contributed by atoms with Gasteiger partial charge in [0.15, 0.2) is 0 Å². The second-order valence-corrected chi connectivity index (χ2v) is 8.73. The topological polar surface area (TPSA) is 89.6 Å². The fraction of sp³-hybridized carbons (Fsp3) is 0.238. The lowest BCUT2D eigenvalue weighted by atomic mass is 10.1. The van der Waals surface area contributed by atoms with Gasteiger partial charge in [-0.05, 0) is 51.0 Å². The number of hydrogen-bond acceptors (Lipinski definition) is 6. The van der Waals surface area contributed by atoms with Crippen LogP contribution in [-0.4, -0.2) is 16.6 Å². The SMILES string of the molecule is Cc1cc(C)c2nc(SCC(=O)Nc3sc(C)c(C)c3C#N)c(C#N)cc2c1. The van der Waals surface area contributed by atoms with Gasteiger partial charge in [-0.15, -0.1) is 11.3 Å². The molecule has 0 unspecified atom stereocenters. The molecule has 140 valence electrons. The van der Waals surface area contributed by atoms with Crippen LogP contribution in [0.2, 0.25) is 0 Å². The third-order valence-corrected chi connectivity index (χ3v) is 6.54. The minimum absolute atomic E-state index is 0.110. The van der Waals surface area contributed by atoms with E-state index in [1.165, 1.54) is 23.1 Å². The molecular weight excluding hydrogens is 388 g/mol. The van der Waals surface area contributed by atoms with Gasteiger partial charge in [-0.2, -0.15) is 10.5 Å². The van der Waals surface area contributed by atoms with Crippen molar-refractivity contribution in [2.45, 2.75) is 32.7 Å². The van der Waals surface area contributed by atoms with Crippen molar-refractivity contribution in [1.29, 1.82) is 10.5 Å². The van der Waals surface area contributed by atoms with Crippen LogP contribution in [0.15, 0.2) is 23.2 Å². The Labute approximate surface area is 172 Å². The normalized spacial score (nSPS) is 10.5. The van der Waals surface area contributed by atoms with Crippen molar-refractivity contribution in [3.05, 3.63) is 50.9 Å². The molecule has 0 saturated heterocycles. The summed E-state index contributed by atoms with van der Waals surface area (Å²) in [5.74, 6) is -0.118. The Morgan fingerprint density at radius 1 is 1.18 bits per heavy atom. The number of aromatic nitrogens is 1. The Bertz CT molecular complexity index is 1180. The van der Waals surface area contributed by atoms with E-state index in [0.29, 0.717) is 21.2 Å². The van der Waals surface area contributed by atoms with E-state index in [1.807, 2.05) is 45.9 Å². The average molecular weight is 407 g/mol. The van der Waals surface area contributed by atoms with Gasteiger partial charge in [0.1, 0.15) is 22.2 Å². The second kappa shape index (κ2) is 8.02. The summed E-state index contributed by atoms with van der Waals surface area (Å²) >= 11 is 2.62. The highest BCUT2D eigenvalue weighted by Gasteiger charge is 2.16. The molecule has 0 atom stereocenters. The van der Waals surface area contributed by atoms with Gasteiger partial charge in [-0.25, -0.2) is 4.98 Å². The molecule has 28 heavy (non-hydrogen) atoms. The summed E-state index contributed by atoms with van der Waals surface area (Å²) in [4.78, 5) is 18.0. The number of carbonyl (C=O) groups is 1. The Balaban J connectivity index is 1.82. The predicted molar refractivity (Wildman–Crippen MR) is 114 cm³/mol. The quantitative estimate of drug-likeness (QED) is 0.616. The van der Waals surface area contributed by atoms with E-state index in [9.17, 15) is 15.3 Å². The standard InChI is InChI=1S/C21H18N4OS2/c1-11-5-12(2)19-15(6-11)7-16(8-22)20(25-19)27-10-18(26)24-21-17(9-23)13(3)14(4)28-21/h5-7H,10H2,1-4H3,(H,24,26). The number of nitrogens with one attached hydrogen (secondary N) is 1. The lowest BCUT2D eigenvalue weighted by Gasteiger charge is -2.09. The molecule has 5 nitrogen and oxygen atoms in total. The number of pyridine rings is 1. The van der Waals surface area contributed by atoms with Crippen LogP contribution in [0.25, 0.3) is 10.9 Å². The molecule has 0 spiro atoms. The molecule has 3 aromatic rings. The molecule has 0 aliphatic carbocycles. The first-order valence-electron chi connectivity index (χ1n) is 8.59. The Morgan fingerprint density at radius 2 is 1.93 bits per heavy atom. The van der Waals surface area contributed by atoms with E-state index in [2.05, 4.69) is 22.4 Å². The lowest BCUT2D eigenvalue weighted by Crippen LogP contribution is -2.14. The van der Waals surface area contributed by atoms with Crippen LogP contribution >= 0.6 is 23.1 Å². The maximum atomic E-state index is 12.4. The zero-order valence-corrected chi connectivity index (χ0v) is 17.6. The number of aryl methyl sites for hydroxylation is 3. The molecule has 2 heterocycles. The minimum Gasteiger partial charge on any atom is -0.316 e. The molecule has 0 saturated carbocycles. The molecule has 7 heteroatoms. The number of benzene rings is 1. The minimum atomic E-state index is -0.228. The molecule has 0 radical (unpaired) electrons. The predicted octanol–water partition coefficient (Wildman–Crippen LogP) is 5.00. The number of rotatable bonds is 4. The van der Waals surface area contributed by atoms with Crippen LogP contribution < -0.4 is 5.32 Å². The van der Waals surface area contributed by atoms with Crippen molar-refractivity contribution >= 4 is 44.9 Å². The molecule has 1 N–H and O–H groups in total. The number of amides is 1. The number of nitrogens with zero attached hydrogens (tertiary/aromatic N) is 3. The number of thioether (sulfide) groups is 1. The summed E-state index contributed by atoms with van der Waals surface area (Å²) in [7, 11) is 0. The van der Waals surface area contributed by atoms with E-state index >= 15 is 0 Å². The molecular formula is C21H18N4OS2. The van der Waals surface area contributed by atoms with E-state index < -0.39 is 0 Å². The highest BCUT2D eigenvalue weighted by Crippen LogP contribution is 2.32. The number of anilines is 1. The van der Waals surface area contributed by atoms with Gasteiger partial charge in [0.25, 0.3) is 0 Å². The van der Waals surface area contributed by atoms with Crippen LogP contribution in [-0.2, 0) is 4.79 Å². The van der Waals surface area contributed by atoms with Gasteiger partial charge in [0.05, 0.1) is 22.4 Å².